The maximum absolute atomic E-state index is 13.3. The molecule has 1 aromatic rings. The quantitative estimate of drug-likeness (QED) is 0.589. The zero-order chi connectivity index (χ0) is 11.6. The predicted octanol–water partition coefficient (Wildman–Crippen LogP) is 2.99. The Kier molecular flexibility index (Phi) is 3.24. The van der Waals surface area contributed by atoms with Crippen LogP contribution in [0.3, 0.4) is 0 Å². The Labute approximate surface area is 88.0 Å². The predicted molar refractivity (Wildman–Crippen MR) is 55.7 cm³/mol. The van der Waals surface area contributed by atoms with Gasteiger partial charge >= 0.3 is 0 Å². The Hall–Kier alpha value is -1.23. The minimum absolute atomic E-state index is 0.0343. The molecule has 5 heteroatoms. The van der Waals surface area contributed by atoms with Crippen molar-refractivity contribution in [2.24, 2.45) is 0 Å². The van der Waals surface area contributed by atoms with Gasteiger partial charge < -0.3 is 4.43 Å². The summed E-state index contributed by atoms with van der Waals surface area (Å²) in [6.07, 6.45) is 0.393. The second kappa shape index (κ2) is 4.10. The summed E-state index contributed by atoms with van der Waals surface area (Å²) >= 11 is 0. The lowest BCUT2D eigenvalue weighted by Gasteiger charge is -2.20. The molecule has 82 valence electrons. The van der Waals surface area contributed by atoms with Crippen LogP contribution in [0.5, 0.6) is 5.75 Å². The largest absolute Gasteiger partial charge is 0.540 e. The van der Waals surface area contributed by atoms with E-state index in [4.69, 9.17) is 4.43 Å². The summed E-state index contributed by atoms with van der Waals surface area (Å²) < 4.78 is 31.9. The first-order valence-electron chi connectivity index (χ1n) is 4.47. The van der Waals surface area contributed by atoms with Crippen LogP contribution in [0.1, 0.15) is 10.4 Å². The monoisotopic (exact) mass is 230 g/mol. The summed E-state index contributed by atoms with van der Waals surface area (Å²) in [5, 5.41) is 0. The number of benzene rings is 1. The van der Waals surface area contributed by atoms with E-state index in [1.807, 2.05) is 19.6 Å². The van der Waals surface area contributed by atoms with Gasteiger partial charge in [-0.15, -0.1) is 0 Å². The van der Waals surface area contributed by atoms with E-state index in [-0.39, 0.29) is 11.3 Å². The average molecular weight is 230 g/mol. The second-order valence-corrected chi connectivity index (χ2v) is 8.57. The molecule has 0 saturated carbocycles. The van der Waals surface area contributed by atoms with E-state index < -0.39 is 20.0 Å². The third-order valence-corrected chi connectivity index (χ3v) is 2.38. The molecule has 0 N–H and O–H groups in total. The van der Waals surface area contributed by atoms with Crippen molar-refractivity contribution in [3.63, 3.8) is 0 Å². The van der Waals surface area contributed by atoms with Gasteiger partial charge in [0.1, 0.15) is 6.29 Å². The summed E-state index contributed by atoms with van der Waals surface area (Å²) in [7, 11) is -2.06. The zero-order valence-electron chi connectivity index (χ0n) is 8.80. The minimum atomic E-state index is -2.06. The van der Waals surface area contributed by atoms with E-state index in [0.717, 1.165) is 12.1 Å². The van der Waals surface area contributed by atoms with Crippen LogP contribution < -0.4 is 4.43 Å². The lowest BCUT2D eigenvalue weighted by atomic mass is 10.2. The van der Waals surface area contributed by atoms with Crippen LogP contribution in [-0.2, 0) is 0 Å². The summed E-state index contributed by atoms with van der Waals surface area (Å²) in [5.41, 5.74) is -0.0343. The van der Waals surface area contributed by atoms with Gasteiger partial charge in [0.25, 0.3) is 0 Å². The van der Waals surface area contributed by atoms with Crippen molar-refractivity contribution in [3.8, 4) is 5.75 Å². The van der Waals surface area contributed by atoms with Gasteiger partial charge in [-0.1, -0.05) is 0 Å². The maximum Gasteiger partial charge on any atom is 0.242 e. The number of carbonyl (C=O) groups excluding carboxylic acids is 1. The maximum atomic E-state index is 13.3. The molecular formula is C10H12F2O2Si. The Bertz CT molecular complexity index is 362. The van der Waals surface area contributed by atoms with Gasteiger partial charge in [0, 0.05) is 5.56 Å². The fourth-order valence-corrected chi connectivity index (χ4v) is 1.86. The van der Waals surface area contributed by atoms with Crippen molar-refractivity contribution in [2.75, 3.05) is 0 Å². The van der Waals surface area contributed by atoms with Gasteiger partial charge in [-0.05, 0) is 31.8 Å². The number of halogens is 2. The first-order valence-corrected chi connectivity index (χ1v) is 7.87. The summed E-state index contributed by atoms with van der Waals surface area (Å²) in [6, 6.07) is 1.93. The van der Waals surface area contributed by atoms with Crippen LogP contribution in [0.4, 0.5) is 8.78 Å². The van der Waals surface area contributed by atoms with Crippen molar-refractivity contribution >= 4 is 14.6 Å². The molecule has 1 aromatic carbocycles. The zero-order valence-corrected chi connectivity index (χ0v) is 9.80. The van der Waals surface area contributed by atoms with Crippen molar-refractivity contribution in [3.05, 3.63) is 29.3 Å². The molecular weight excluding hydrogens is 218 g/mol. The van der Waals surface area contributed by atoms with E-state index in [1.54, 1.807) is 0 Å². The molecule has 0 saturated heterocycles. The third-order valence-electron chi connectivity index (χ3n) is 1.56. The molecule has 0 atom stereocenters. The smallest absolute Gasteiger partial charge is 0.242 e. The van der Waals surface area contributed by atoms with Gasteiger partial charge in [0.05, 0.1) is 0 Å². The van der Waals surface area contributed by atoms with Crippen molar-refractivity contribution in [2.45, 2.75) is 19.6 Å². The Morgan fingerprint density at radius 1 is 1.20 bits per heavy atom. The molecule has 0 unspecified atom stereocenters. The molecule has 0 heterocycles. The molecule has 0 aromatic heterocycles. The average Bonchev–Trinajstić information content (AvgIpc) is 2.09. The number of hydrogen-bond donors (Lipinski definition) is 0. The number of carbonyl (C=O) groups is 1. The summed E-state index contributed by atoms with van der Waals surface area (Å²) in [4.78, 5) is 10.3. The SMILES string of the molecule is C[Si](C)(C)Oc1c(F)cc(C=O)cc1F. The van der Waals surface area contributed by atoms with Crippen molar-refractivity contribution in [1.82, 2.24) is 0 Å². The molecule has 0 amide bonds. The van der Waals surface area contributed by atoms with Gasteiger partial charge in [0.2, 0.25) is 8.32 Å². The van der Waals surface area contributed by atoms with E-state index >= 15 is 0 Å². The highest BCUT2D eigenvalue weighted by atomic mass is 28.4. The highest BCUT2D eigenvalue weighted by Gasteiger charge is 2.21. The Balaban J connectivity index is 3.14. The topological polar surface area (TPSA) is 26.3 Å². The fourth-order valence-electron chi connectivity index (χ4n) is 1.05. The summed E-state index contributed by atoms with van der Waals surface area (Å²) in [5.74, 6) is -2.06. The normalized spacial score (nSPS) is 11.3. The van der Waals surface area contributed by atoms with Gasteiger partial charge in [0.15, 0.2) is 17.4 Å². The standard InChI is InChI=1S/C10H12F2O2Si/c1-15(2,3)14-10-8(11)4-7(6-13)5-9(10)12/h4-6H,1-3H3. The van der Waals surface area contributed by atoms with Gasteiger partial charge in [-0.3, -0.25) is 4.79 Å². The van der Waals surface area contributed by atoms with E-state index in [2.05, 4.69) is 0 Å². The third kappa shape index (κ3) is 3.12. The Morgan fingerprint density at radius 3 is 2.00 bits per heavy atom. The first-order chi connectivity index (χ1) is 6.83. The summed E-state index contributed by atoms with van der Waals surface area (Å²) in [6.45, 7) is 5.46. The van der Waals surface area contributed by atoms with Crippen molar-refractivity contribution < 1.29 is 18.0 Å². The lowest BCUT2D eigenvalue weighted by Crippen LogP contribution is -2.30. The molecule has 0 fully saturated rings. The highest BCUT2D eigenvalue weighted by Crippen LogP contribution is 2.25. The van der Waals surface area contributed by atoms with Crippen LogP contribution in [0, 0.1) is 11.6 Å². The van der Waals surface area contributed by atoms with E-state index in [1.165, 1.54) is 0 Å². The van der Waals surface area contributed by atoms with Crippen LogP contribution >= 0.6 is 0 Å². The molecule has 2 nitrogen and oxygen atoms in total. The second-order valence-electron chi connectivity index (χ2n) is 4.15. The molecule has 0 spiro atoms. The molecule has 0 bridgehead atoms. The van der Waals surface area contributed by atoms with Crippen LogP contribution in [-0.4, -0.2) is 14.6 Å². The fraction of sp³-hybridized carbons (Fsp3) is 0.300. The van der Waals surface area contributed by atoms with Crippen molar-refractivity contribution in [1.29, 1.82) is 0 Å². The van der Waals surface area contributed by atoms with Gasteiger partial charge in [-0.2, -0.15) is 0 Å². The van der Waals surface area contributed by atoms with Crippen LogP contribution in [0.2, 0.25) is 19.6 Å². The van der Waals surface area contributed by atoms with Gasteiger partial charge in [-0.25, -0.2) is 8.78 Å². The van der Waals surface area contributed by atoms with Crippen LogP contribution in [0.25, 0.3) is 0 Å². The van der Waals surface area contributed by atoms with E-state index in [9.17, 15) is 13.6 Å². The van der Waals surface area contributed by atoms with Crippen LogP contribution in [0.15, 0.2) is 12.1 Å². The number of hydrogen-bond acceptors (Lipinski definition) is 2. The van der Waals surface area contributed by atoms with E-state index in [0.29, 0.717) is 6.29 Å². The molecule has 0 aliphatic carbocycles. The highest BCUT2D eigenvalue weighted by molar-refractivity contribution is 6.70. The minimum Gasteiger partial charge on any atom is -0.540 e. The molecule has 1 rings (SSSR count). The Morgan fingerprint density at radius 2 is 1.67 bits per heavy atom. The molecule has 0 aliphatic rings. The number of rotatable bonds is 3. The molecule has 0 radical (unpaired) electrons. The lowest BCUT2D eigenvalue weighted by molar-refractivity contribution is 0.112. The molecule has 15 heavy (non-hydrogen) atoms. The first kappa shape index (κ1) is 11.8. The molecule has 0 aliphatic heterocycles. The number of aldehydes is 1.